The topological polar surface area (TPSA) is 0 Å². The van der Waals surface area contributed by atoms with Crippen molar-refractivity contribution in [3.63, 3.8) is 0 Å². The van der Waals surface area contributed by atoms with Crippen LogP contribution in [-0.2, 0) is 0 Å². The second-order valence-corrected chi connectivity index (χ2v) is 5.89. The van der Waals surface area contributed by atoms with Crippen molar-refractivity contribution in [1.29, 1.82) is 0 Å². The highest BCUT2D eigenvalue weighted by Gasteiger charge is 2.24. The molecule has 0 amide bonds. The third-order valence-electron chi connectivity index (χ3n) is 4.62. The summed E-state index contributed by atoms with van der Waals surface area (Å²) in [5.74, 6) is 2.28. The van der Waals surface area contributed by atoms with Crippen molar-refractivity contribution in [3.8, 4) is 0 Å². The van der Waals surface area contributed by atoms with Gasteiger partial charge in [0.1, 0.15) is 0 Å². The Morgan fingerprint density at radius 3 is 0.920 bits per heavy atom. The zero-order valence-corrected chi connectivity index (χ0v) is 19.2. The molecule has 152 valence electrons. The fourth-order valence-electron chi connectivity index (χ4n) is 3.60. The van der Waals surface area contributed by atoms with Crippen LogP contribution >= 0.6 is 0 Å². The summed E-state index contributed by atoms with van der Waals surface area (Å²) in [6.45, 7) is 16.0. The molecule has 0 nitrogen and oxygen atoms in total. The lowest BCUT2D eigenvalue weighted by atomic mass is 9.73. The van der Waals surface area contributed by atoms with Gasteiger partial charge in [0.05, 0.1) is 0 Å². The summed E-state index contributed by atoms with van der Waals surface area (Å²) in [5.41, 5.74) is 0. The molecule has 0 unspecified atom stereocenters. The summed E-state index contributed by atoms with van der Waals surface area (Å²) >= 11 is 0. The van der Waals surface area contributed by atoms with Crippen LogP contribution in [0.4, 0.5) is 0 Å². The molecule has 0 bridgehead atoms. The molecular formula is C25H52. The summed E-state index contributed by atoms with van der Waals surface area (Å²) < 4.78 is 0. The van der Waals surface area contributed by atoms with Crippen LogP contribution in [0.2, 0.25) is 0 Å². The van der Waals surface area contributed by atoms with E-state index in [1.165, 1.54) is 38.5 Å². The van der Waals surface area contributed by atoms with Gasteiger partial charge in [-0.15, -0.1) is 0 Å². The average molecular weight is 353 g/mol. The highest BCUT2D eigenvalue weighted by atomic mass is 14.3. The van der Waals surface area contributed by atoms with Crippen molar-refractivity contribution in [3.05, 3.63) is 24.3 Å². The molecule has 2 saturated carbocycles. The minimum Gasteiger partial charge on any atom is -0.0808 e. The fraction of sp³-hybridized carbons (Fsp3) is 0.840. The summed E-state index contributed by atoms with van der Waals surface area (Å²) in [5, 5.41) is 0. The van der Waals surface area contributed by atoms with Gasteiger partial charge in [-0.1, -0.05) is 144 Å². The Bertz CT molecular complexity index is 211. The second-order valence-electron chi connectivity index (χ2n) is 5.89. The van der Waals surface area contributed by atoms with Gasteiger partial charge in [-0.05, 0) is 18.3 Å². The van der Waals surface area contributed by atoms with E-state index in [0.717, 1.165) is 18.3 Å². The van der Waals surface area contributed by atoms with E-state index in [4.69, 9.17) is 0 Å². The van der Waals surface area contributed by atoms with Gasteiger partial charge in [-0.25, -0.2) is 0 Å². The molecule has 0 aromatic heterocycles. The van der Waals surface area contributed by atoms with Crippen LogP contribution in [-0.4, -0.2) is 0 Å². The van der Waals surface area contributed by atoms with Crippen molar-refractivity contribution in [2.75, 3.05) is 0 Å². The Labute approximate surface area is 162 Å². The maximum Gasteiger partial charge on any atom is -0.0163 e. The molecule has 0 spiro atoms. The van der Waals surface area contributed by atoms with E-state index in [1.807, 2.05) is 55.4 Å². The zero-order chi connectivity index (χ0) is 19.8. The van der Waals surface area contributed by atoms with E-state index in [-0.39, 0.29) is 0 Å². The molecular weight excluding hydrogens is 300 g/mol. The normalized spacial score (nSPS) is 18.4. The molecule has 0 atom stereocenters. The fourth-order valence-corrected chi connectivity index (χ4v) is 3.60. The largest absolute Gasteiger partial charge is 0.0808 e. The first kappa shape index (κ1) is 29.3. The summed E-state index contributed by atoms with van der Waals surface area (Å²) in [4.78, 5) is 0. The molecule has 3 aliphatic carbocycles. The Morgan fingerprint density at radius 2 is 0.720 bits per heavy atom. The Kier molecular flexibility index (Phi) is 33.1. The highest BCUT2D eigenvalue weighted by Crippen LogP contribution is 2.37. The number of rotatable bonds is 1. The lowest BCUT2D eigenvalue weighted by molar-refractivity contribution is 0.196. The molecule has 3 aliphatic rings. The quantitative estimate of drug-likeness (QED) is 0.440. The number of hydrogen-bond donors (Lipinski definition) is 0. The molecule has 0 N–H and O–H groups in total. The van der Waals surface area contributed by atoms with Crippen LogP contribution in [0, 0.1) is 11.8 Å². The molecule has 0 aromatic rings. The van der Waals surface area contributed by atoms with E-state index >= 15 is 0 Å². The van der Waals surface area contributed by atoms with Crippen LogP contribution in [0.3, 0.4) is 0 Å². The van der Waals surface area contributed by atoms with Crippen LogP contribution in [0.1, 0.15) is 126 Å². The summed E-state index contributed by atoms with van der Waals surface area (Å²) in [7, 11) is 0. The SMILES string of the molecule is C1=CCC=C1.C1CCC(C2CCCCC2)CC1.CC.CC.CC.CC. The molecule has 2 fully saturated rings. The lowest BCUT2D eigenvalue weighted by Gasteiger charge is -2.32. The number of allylic oxidation sites excluding steroid dienone is 4. The summed E-state index contributed by atoms with van der Waals surface area (Å²) in [6.07, 6.45) is 24.9. The molecule has 0 aliphatic heterocycles. The molecule has 0 heteroatoms. The van der Waals surface area contributed by atoms with Crippen molar-refractivity contribution in [2.24, 2.45) is 11.8 Å². The Balaban J connectivity index is -0.000000313. The predicted octanol–water partition coefficient (Wildman–Crippen LogP) is 9.75. The maximum absolute atomic E-state index is 2.12. The highest BCUT2D eigenvalue weighted by molar-refractivity contribution is 5.11. The van der Waals surface area contributed by atoms with Gasteiger partial charge in [0.25, 0.3) is 0 Å². The zero-order valence-electron chi connectivity index (χ0n) is 19.2. The van der Waals surface area contributed by atoms with E-state index in [1.54, 1.807) is 25.7 Å². The second kappa shape index (κ2) is 28.3. The van der Waals surface area contributed by atoms with Crippen molar-refractivity contribution in [2.45, 2.75) is 126 Å². The van der Waals surface area contributed by atoms with Gasteiger partial charge >= 0.3 is 0 Å². The first-order valence-corrected chi connectivity index (χ1v) is 11.8. The molecule has 0 aromatic carbocycles. The molecule has 25 heavy (non-hydrogen) atoms. The smallest absolute Gasteiger partial charge is 0.0163 e. The average Bonchev–Trinajstić information content (AvgIpc) is 3.36. The van der Waals surface area contributed by atoms with Gasteiger partial charge in [0.15, 0.2) is 0 Å². The van der Waals surface area contributed by atoms with Crippen molar-refractivity contribution < 1.29 is 0 Å². The third-order valence-corrected chi connectivity index (χ3v) is 4.62. The minimum absolute atomic E-state index is 1.14. The van der Waals surface area contributed by atoms with E-state index < -0.39 is 0 Å². The van der Waals surface area contributed by atoms with Crippen LogP contribution in [0.5, 0.6) is 0 Å². The van der Waals surface area contributed by atoms with Crippen LogP contribution < -0.4 is 0 Å². The van der Waals surface area contributed by atoms with E-state index in [2.05, 4.69) is 24.3 Å². The minimum atomic E-state index is 1.14. The van der Waals surface area contributed by atoms with Crippen molar-refractivity contribution in [1.82, 2.24) is 0 Å². The first-order valence-electron chi connectivity index (χ1n) is 11.8. The molecule has 0 heterocycles. The maximum atomic E-state index is 2.12. The monoisotopic (exact) mass is 352 g/mol. The van der Waals surface area contributed by atoms with Crippen LogP contribution in [0.15, 0.2) is 24.3 Å². The molecule has 0 radical (unpaired) electrons. The Morgan fingerprint density at radius 1 is 0.440 bits per heavy atom. The van der Waals surface area contributed by atoms with Gasteiger partial charge in [0.2, 0.25) is 0 Å². The van der Waals surface area contributed by atoms with Crippen molar-refractivity contribution >= 4 is 0 Å². The summed E-state index contributed by atoms with van der Waals surface area (Å²) in [6, 6.07) is 0. The van der Waals surface area contributed by atoms with Gasteiger partial charge in [-0.2, -0.15) is 0 Å². The van der Waals surface area contributed by atoms with Crippen LogP contribution in [0.25, 0.3) is 0 Å². The Hall–Kier alpha value is -0.520. The molecule has 0 saturated heterocycles. The molecule has 3 rings (SSSR count). The van der Waals surface area contributed by atoms with E-state index in [9.17, 15) is 0 Å². The van der Waals surface area contributed by atoms with Gasteiger partial charge in [0, 0.05) is 0 Å². The third kappa shape index (κ3) is 18.1. The first-order chi connectivity index (χ1) is 12.5. The van der Waals surface area contributed by atoms with E-state index in [0.29, 0.717) is 0 Å². The lowest BCUT2D eigenvalue weighted by Crippen LogP contribution is -2.20. The number of hydrogen-bond acceptors (Lipinski definition) is 0. The standard InChI is InChI=1S/C12H22.C5H6.4C2H6/c1-3-7-11(8-4-1)12-9-5-2-6-10-12;1-2-4-5-3-1;4*1-2/h11-12H,1-10H2;1-4H,5H2;4*1-2H3. The van der Waals surface area contributed by atoms with Gasteiger partial charge < -0.3 is 0 Å². The van der Waals surface area contributed by atoms with Gasteiger partial charge in [-0.3, -0.25) is 0 Å². The predicted molar refractivity (Wildman–Crippen MR) is 121 cm³/mol.